The zero-order valence-electron chi connectivity index (χ0n) is 15.1. The summed E-state index contributed by atoms with van der Waals surface area (Å²) in [4.78, 5) is 24.8. The highest BCUT2D eigenvalue weighted by molar-refractivity contribution is 6.41. The number of carbonyl (C=O) groups is 2. The van der Waals surface area contributed by atoms with Crippen LogP contribution < -0.4 is 0 Å². The molecule has 7 heteroatoms. The summed E-state index contributed by atoms with van der Waals surface area (Å²) in [5, 5.41) is 8.18. The standard InChI is InChI=1S/C19H19N3O4/c1-11-16(14(4)26-21-11)10-25-19(24)18(23)17-12(2)20-22(13(17)3)15-8-6-5-7-9-15/h5-9H,10H2,1-4H3. The van der Waals surface area contributed by atoms with E-state index in [9.17, 15) is 9.59 Å². The molecule has 0 amide bonds. The van der Waals surface area contributed by atoms with Crippen LogP contribution in [0.5, 0.6) is 0 Å². The molecule has 2 heterocycles. The van der Waals surface area contributed by atoms with E-state index >= 15 is 0 Å². The molecular formula is C19H19N3O4. The minimum absolute atomic E-state index is 0.0589. The Labute approximate surface area is 150 Å². The van der Waals surface area contributed by atoms with Crippen LogP contribution in [0.15, 0.2) is 34.9 Å². The van der Waals surface area contributed by atoms with Gasteiger partial charge < -0.3 is 9.26 Å². The molecule has 0 saturated carbocycles. The van der Waals surface area contributed by atoms with Gasteiger partial charge in [-0.2, -0.15) is 5.10 Å². The summed E-state index contributed by atoms with van der Waals surface area (Å²) >= 11 is 0. The molecule has 26 heavy (non-hydrogen) atoms. The molecule has 3 rings (SSSR count). The van der Waals surface area contributed by atoms with Gasteiger partial charge >= 0.3 is 5.97 Å². The maximum absolute atomic E-state index is 12.6. The number of hydrogen-bond acceptors (Lipinski definition) is 6. The maximum Gasteiger partial charge on any atom is 0.380 e. The van der Waals surface area contributed by atoms with Crippen molar-refractivity contribution in [2.75, 3.05) is 0 Å². The van der Waals surface area contributed by atoms with Gasteiger partial charge in [-0.3, -0.25) is 4.79 Å². The minimum atomic E-state index is -0.927. The number of benzene rings is 1. The van der Waals surface area contributed by atoms with Crippen molar-refractivity contribution in [2.45, 2.75) is 34.3 Å². The molecular weight excluding hydrogens is 334 g/mol. The molecule has 0 aliphatic carbocycles. The van der Waals surface area contributed by atoms with Crippen LogP contribution in [-0.2, 0) is 16.1 Å². The first-order chi connectivity index (χ1) is 12.4. The zero-order valence-corrected chi connectivity index (χ0v) is 15.1. The lowest BCUT2D eigenvalue weighted by molar-refractivity contribution is -0.139. The molecule has 0 aliphatic heterocycles. The predicted molar refractivity (Wildman–Crippen MR) is 93.1 cm³/mol. The summed E-state index contributed by atoms with van der Waals surface area (Å²) in [6.45, 7) is 6.86. The van der Waals surface area contributed by atoms with E-state index in [1.807, 2.05) is 30.3 Å². The van der Waals surface area contributed by atoms with Crippen LogP contribution >= 0.6 is 0 Å². The third-order valence-electron chi connectivity index (χ3n) is 4.23. The van der Waals surface area contributed by atoms with Crippen LogP contribution in [0.4, 0.5) is 0 Å². The molecule has 0 aliphatic rings. The second-order valence-corrected chi connectivity index (χ2v) is 6.00. The largest absolute Gasteiger partial charge is 0.455 e. The number of aromatic nitrogens is 3. The monoisotopic (exact) mass is 353 g/mol. The molecule has 3 aromatic rings. The summed E-state index contributed by atoms with van der Waals surface area (Å²) in [6.07, 6.45) is 0. The molecule has 0 atom stereocenters. The van der Waals surface area contributed by atoms with Crippen molar-refractivity contribution in [1.82, 2.24) is 14.9 Å². The van der Waals surface area contributed by atoms with Gasteiger partial charge in [0.25, 0.3) is 5.78 Å². The molecule has 0 bridgehead atoms. The lowest BCUT2D eigenvalue weighted by Gasteiger charge is -2.06. The molecule has 0 fully saturated rings. The first-order valence-corrected chi connectivity index (χ1v) is 8.15. The number of hydrogen-bond donors (Lipinski definition) is 0. The van der Waals surface area contributed by atoms with E-state index < -0.39 is 11.8 Å². The van der Waals surface area contributed by atoms with Gasteiger partial charge in [-0.15, -0.1) is 0 Å². The third kappa shape index (κ3) is 3.15. The Bertz CT molecular complexity index is 951. The third-order valence-corrected chi connectivity index (χ3v) is 4.23. The fraction of sp³-hybridized carbons (Fsp3) is 0.263. The predicted octanol–water partition coefficient (Wildman–Crippen LogP) is 3.02. The first-order valence-electron chi connectivity index (χ1n) is 8.15. The van der Waals surface area contributed by atoms with E-state index in [1.54, 1.807) is 32.4 Å². The number of carbonyl (C=O) groups excluding carboxylic acids is 2. The normalized spacial score (nSPS) is 10.8. The lowest BCUT2D eigenvalue weighted by Crippen LogP contribution is -2.19. The zero-order chi connectivity index (χ0) is 18.8. The van der Waals surface area contributed by atoms with Gasteiger partial charge in [0.2, 0.25) is 0 Å². The average Bonchev–Trinajstić information content (AvgIpc) is 3.11. The van der Waals surface area contributed by atoms with Gasteiger partial charge in [0, 0.05) is 0 Å². The van der Waals surface area contributed by atoms with Gasteiger partial charge in [0.15, 0.2) is 0 Å². The van der Waals surface area contributed by atoms with Crippen LogP contribution in [0.2, 0.25) is 0 Å². The second-order valence-electron chi connectivity index (χ2n) is 6.00. The van der Waals surface area contributed by atoms with Crippen molar-refractivity contribution < 1.29 is 18.8 Å². The molecule has 7 nitrogen and oxygen atoms in total. The van der Waals surface area contributed by atoms with Gasteiger partial charge in [-0.1, -0.05) is 23.4 Å². The van der Waals surface area contributed by atoms with Gasteiger partial charge in [-0.25, -0.2) is 9.48 Å². The van der Waals surface area contributed by atoms with Crippen molar-refractivity contribution in [3.63, 3.8) is 0 Å². The van der Waals surface area contributed by atoms with E-state index in [4.69, 9.17) is 9.26 Å². The van der Waals surface area contributed by atoms with Gasteiger partial charge in [0.1, 0.15) is 12.4 Å². The Balaban J connectivity index is 1.81. The summed E-state index contributed by atoms with van der Waals surface area (Å²) in [7, 11) is 0. The number of para-hydroxylation sites is 1. The summed E-state index contributed by atoms with van der Waals surface area (Å²) in [5.74, 6) is -1.08. The highest BCUT2D eigenvalue weighted by Gasteiger charge is 2.27. The number of ether oxygens (including phenoxy) is 1. The fourth-order valence-electron chi connectivity index (χ4n) is 2.81. The number of rotatable bonds is 5. The smallest absolute Gasteiger partial charge is 0.380 e. The number of aryl methyl sites for hydroxylation is 3. The summed E-state index contributed by atoms with van der Waals surface area (Å²) in [6, 6.07) is 9.41. The summed E-state index contributed by atoms with van der Waals surface area (Å²) < 4.78 is 11.8. The molecule has 0 N–H and O–H groups in total. The van der Waals surface area contributed by atoms with Crippen molar-refractivity contribution in [3.8, 4) is 5.69 Å². The Kier molecular flexibility index (Phi) is 4.71. The first kappa shape index (κ1) is 17.6. The highest BCUT2D eigenvalue weighted by atomic mass is 16.5. The van der Waals surface area contributed by atoms with E-state index in [1.165, 1.54) is 0 Å². The van der Waals surface area contributed by atoms with Crippen LogP contribution in [0, 0.1) is 27.7 Å². The highest BCUT2D eigenvalue weighted by Crippen LogP contribution is 2.19. The second kappa shape index (κ2) is 6.95. The molecule has 2 aromatic heterocycles. The Morgan fingerprint density at radius 3 is 2.38 bits per heavy atom. The topological polar surface area (TPSA) is 87.2 Å². The molecule has 134 valence electrons. The quantitative estimate of drug-likeness (QED) is 0.398. The summed E-state index contributed by atoms with van der Waals surface area (Å²) in [5.41, 5.74) is 3.44. The van der Waals surface area contributed by atoms with Crippen LogP contribution in [-0.4, -0.2) is 26.7 Å². The molecule has 1 aromatic carbocycles. The van der Waals surface area contributed by atoms with Gasteiger partial charge in [0.05, 0.1) is 33.9 Å². The van der Waals surface area contributed by atoms with E-state index in [0.717, 1.165) is 5.69 Å². The van der Waals surface area contributed by atoms with Crippen molar-refractivity contribution >= 4 is 11.8 Å². The Hall–Kier alpha value is -3.22. The van der Waals surface area contributed by atoms with Crippen molar-refractivity contribution in [1.29, 1.82) is 0 Å². The van der Waals surface area contributed by atoms with E-state index in [-0.39, 0.29) is 12.2 Å². The number of Topliss-reactive ketones (excluding diaryl/α,β-unsaturated/α-hetero) is 1. The molecule has 0 unspecified atom stereocenters. The lowest BCUT2D eigenvalue weighted by atomic mass is 10.1. The Morgan fingerprint density at radius 2 is 1.77 bits per heavy atom. The van der Waals surface area contributed by atoms with Crippen LogP contribution in [0.25, 0.3) is 5.69 Å². The molecule has 0 saturated heterocycles. The maximum atomic E-state index is 12.6. The molecule has 0 radical (unpaired) electrons. The van der Waals surface area contributed by atoms with Crippen molar-refractivity contribution in [2.24, 2.45) is 0 Å². The van der Waals surface area contributed by atoms with Crippen LogP contribution in [0.3, 0.4) is 0 Å². The van der Waals surface area contributed by atoms with E-state index in [0.29, 0.717) is 28.4 Å². The fourth-order valence-corrected chi connectivity index (χ4v) is 2.81. The average molecular weight is 353 g/mol. The number of esters is 1. The van der Waals surface area contributed by atoms with Gasteiger partial charge in [-0.05, 0) is 39.8 Å². The SMILES string of the molecule is Cc1noc(C)c1COC(=O)C(=O)c1c(C)nn(-c2ccccc2)c1C. The molecule has 0 spiro atoms. The van der Waals surface area contributed by atoms with E-state index in [2.05, 4.69) is 10.3 Å². The minimum Gasteiger partial charge on any atom is -0.455 e. The van der Waals surface area contributed by atoms with Crippen LogP contribution in [0.1, 0.15) is 38.8 Å². The number of nitrogens with zero attached hydrogens (tertiary/aromatic N) is 3. The Morgan fingerprint density at radius 1 is 1.08 bits per heavy atom. The van der Waals surface area contributed by atoms with Crippen molar-refractivity contribution in [3.05, 3.63) is 64.3 Å². The number of ketones is 1.